The summed E-state index contributed by atoms with van der Waals surface area (Å²) < 4.78 is 0. The molecule has 0 aliphatic heterocycles. The summed E-state index contributed by atoms with van der Waals surface area (Å²) in [6.45, 7) is 7.59. The van der Waals surface area contributed by atoms with Crippen LogP contribution in [0.1, 0.15) is 39.5 Å². The van der Waals surface area contributed by atoms with Gasteiger partial charge in [0.1, 0.15) is 0 Å². The van der Waals surface area contributed by atoms with E-state index in [0.29, 0.717) is 11.3 Å². The molecule has 0 radical (unpaired) electrons. The van der Waals surface area contributed by atoms with Crippen molar-refractivity contribution in [2.45, 2.75) is 44.9 Å². The number of amides is 2. The minimum absolute atomic E-state index is 0.172. The van der Waals surface area contributed by atoms with Crippen molar-refractivity contribution in [3.8, 4) is 0 Å². The number of rotatable bonds is 9. The van der Waals surface area contributed by atoms with Crippen molar-refractivity contribution in [1.29, 1.82) is 0 Å². The fourth-order valence-corrected chi connectivity index (χ4v) is 1.90. The Kier molecular flexibility index (Phi) is 10.6. The number of alkyl halides is 1. The molecule has 6 heteroatoms. The first-order valence-corrected chi connectivity index (χ1v) is 8.26. The maximum atomic E-state index is 11.8. The molecule has 0 aliphatic rings. The van der Waals surface area contributed by atoms with E-state index < -0.39 is 0 Å². The second kappa shape index (κ2) is 11.0. The molecule has 0 bridgehead atoms. The lowest BCUT2D eigenvalue weighted by Crippen LogP contribution is -2.31. The monoisotopic (exact) mass is 362 g/mol. The van der Waals surface area contributed by atoms with Gasteiger partial charge in [-0.2, -0.15) is 12.6 Å². The Hall–Kier alpha value is -0.750. The van der Waals surface area contributed by atoms with Crippen LogP contribution in [0.25, 0.3) is 0 Å². The van der Waals surface area contributed by atoms with Gasteiger partial charge in [-0.15, -0.1) is 0 Å². The molecule has 20 heavy (non-hydrogen) atoms. The molecule has 0 saturated carbocycles. The largest absolute Gasteiger partial charge is 0.341 e. The molecule has 2 N–H and O–H groups in total. The zero-order valence-electron chi connectivity index (χ0n) is 12.0. The molecular weight excluding hydrogens is 340 g/mol. The number of halogens is 1. The average molecular weight is 363 g/mol. The number of hydrogen-bond donors (Lipinski definition) is 3. The van der Waals surface area contributed by atoms with Crippen molar-refractivity contribution in [2.24, 2.45) is 0 Å². The minimum atomic E-state index is -0.283. The van der Waals surface area contributed by atoms with Gasteiger partial charge in [0, 0.05) is 11.8 Å². The summed E-state index contributed by atoms with van der Waals surface area (Å²) in [5.41, 5.74) is 1.04. The number of carbonyl (C=O) groups excluding carboxylic acids is 2. The molecule has 0 saturated heterocycles. The number of carbonyl (C=O) groups is 2. The highest BCUT2D eigenvalue weighted by Crippen LogP contribution is 2.07. The highest BCUT2D eigenvalue weighted by Gasteiger charge is 2.09. The van der Waals surface area contributed by atoms with Crippen molar-refractivity contribution in [1.82, 2.24) is 10.6 Å². The first kappa shape index (κ1) is 19.2. The number of nitrogens with one attached hydrogen (secondary N) is 2. The van der Waals surface area contributed by atoms with Crippen LogP contribution >= 0.6 is 28.6 Å². The minimum Gasteiger partial charge on any atom is -0.341 e. The Balaban J connectivity index is 4.45. The van der Waals surface area contributed by atoms with E-state index in [-0.39, 0.29) is 22.5 Å². The van der Waals surface area contributed by atoms with Gasteiger partial charge >= 0.3 is 0 Å². The van der Waals surface area contributed by atoms with Crippen LogP contribution in [0, 0.1) is 0 Å². The number of thiol groups is 1. The number of hydrogen-bond acceptors (Lipinski definition) is 3. The smallest absolute Gasteiger partial charge is 0.246 e. The Bertz CT molecular complexity index is 383. The van der Waals surface area contributed by atoms with Crippen LogP contribution in [0.4, 0.5) is 0 Å². The highest BCUT2D eigenvalue weighted by molar-refractivity contribution is 9.09. The second-order valence-electron chi connectivity index (χ2n) is 4.54. The molecule has 0 spiro atoms. The molecule has 0 aromatic heterocycles. The molecule has 0 aromatic carbocycles. The maximum Gasteiger partial charge on any atom is 0.246 e. The molecule has 0 aliphatic carbocycles. The van der Waals surface area contributed by atoms with Gasteiger partial charge in [-0.05, 0) is 18.9 Å². The van der Waals surface area contributed by atoms with E-state index in [1.165, 1.54) is 6.08 Å². The van der Waals surface area contributed by atoms with Gasteiger partial charge < -0.3 is 10.6 Å². The third-order valence-electron chi connectivity index (χ3n) is 2.52. The molecule has 0 heterocycles. The molecule has 0 fully saturated rings. The fraction of sp³-hybridized carbons (Fsp3) is 0.571. The lowest BCUT2D eigenvalue weighted by molar-refractivity contribution is -0.117. The normalized spacial score (nSPS) is 12.7. The van der Waals surface area contributed by atoms with E-state index in [1.54, 1.807) is 6.92 Å². The van der Waals surface area contributed by atoms with Gasteiger partial charge in [-0.1, -0.05) is 48.7 Å². The highest BCUT2D eigenvalue weighted by atomic mass is 79.9. The van der Waals surface area contributed by atoms with Gasteiger partial charge in [0.25, 0.3) is 0 Å². The predicted octanol–water partition coefficient (Wildman–Crippen LogP) is 2.91. The second-order valence-corrected chi connectivity index (χ2v) is 5.72. The van der Waals surface area contributed by atoms with Gasteiger partial charge in [-0.25, -0.2) is 0 Å². The van der Waals surface area contributed by atoms with Crippen molar-refractivity contribution >= 4 is 40.4 Å². The van der Waals surface area contributed by atoms with Crippen LogP contribution in [0.5, 0.6) is 0 Å². The van der Waals surface area contributed by atoms with Gasteiger partial charge in [-0.3, -0.25) is 9.59 Å². The number of allylic oxidation sites excluding steroid dienone is 1. The summed E-state index contributed by atoms with van der Waals surface area (Å²) in [5, 5.41) is 5.37. The topological polar surface area (TPSA) is 58.2 Å². The first-order valence-electron chi connectivity index (χ1n) is 6.62. The van der Waals surface area contributed by atoms with Crippen LogP contribution in [-0.2, 0) is 9.59 Å². The lowest BCUT2D eigenvalue weighted by Gasteiger charge is -2.13. The quantitative estimate of drug-likeness (QED) is 0.147. The van der Waals surface area contributed by atoms with E-state index >= 15 is 0 Å². The average Bonchev–Trinajstić information content (AvgIpc) is 2.37. The fourth-order valence-electron chi connectivity index (χ4n) is 1.45. The van der Waals surface area contributed by atoms with E-state index in [9.17, 15) is 9.59 Å². The molecule has 0 aromatic rings. The van der Waals surface area contributed by atoms with E-state index in [1.807, 2.05) is 0 Å². The standard InChI is InChI=1S/C14H23BrN2O2S/c1-4-5-6-7-14(20)17-12(18)8-11(10(2)3)16-13(19)9-15/h8,14,20H,2,4-7,9H2,1,3H3,(H,16,19)(H,17,18)/t14-/m0/s1. The van der Waals surface area contributed by atoms with E-state index in [4.69, 9.17) is 0 Å². The summed E-state index contributed by atoms with van der Waals surface area (Å²) >= 11 is 7.38. The van der Waals surface area contributed by atoms with Crippen LogP contribution in [0.3, 0.4) is 0 Å². The van der Waals surface area contributed by atoms with Gasteiger partial charge in [0.05, 0.1) is 10.7 Å². The summed E-state index contributed by atoms with van der Waals surface area (Å²) in [6, 6.07) is 0. The molecular formula is C14H23BrN2O2S. The third kappa shape index (κ3) is 9.20. The molecule has 1 atom stereocenters. The van der Waals surface area contributed by atoms with Gasteiger partial charge in [0.15, 0.2) is 0 Å². The summed E-state index contributed by atoms with van der Waals surface area (Å²) in [7, 11) is 0. The Morgan fingerprint density at radius 1 is 1.40 bits per heavy atom. The Labute approximate surface area is 135 Å². The zero-order valence-corrected chi connectivity index (χ0v) is 14.5. The van der Waals surface area contributed by atoms with Crippen LogP contribution in [0.15, 0.2) is 23.9 Å². The van der Waals surface area contributed by atoms with Crippen molar-refractivity contribution in [2.75, 3.05) is 5.33 Å². The predicted molar refractivity (Wildman–Crippen MR) is 89.9 cm³/mol. The van der Waals surface area contributed by atoms with Crippen LogP contribution < -0.4 is 10.6 Å². The Morgan fingerprint density at radius 3 is 2.55 bits per heavy atom. The molecule has 2 amide bonds. The van der Waals surface area contributed by atoms with E-state index in [2.05, 4.69) is 52.7 Å². The lowest BCUT2D eigenvalue weighted by atomic mass is 10.2. The van der Waals surface area contributed by atoms with Crippen molar-refractivity contribution in [3.05, 3.63) is 23.9 Å². The molecule has 4 nitrogen and oxygen atoms in total. The van der Waals surface area contributed by atoms with Crippen LogP contribution in [0.2, 0.25) is 0 Å². The molecule has 114 valence electrons. The van der Waals surface area contributed by atoms with Crippen molar-refractivity contribution < 1.29 is 9.59 Å². The number of unbranched alkanes of at least 4 members (excludes halogenated alkanes) is 2. The summed E-state index contributed by atoms with van der Waals surface area (Å²) in [6.07, 6.45) is 5.45. The van der Waals surface area contributed by atoms with Gasteiger partial charge in [0.2, 0.25) is 11.8 Å². The first-order chi connectivity index (χ1) is 9.40. The Morgan fingerprint density at radius 2 is 2.05 bits per heavy atom. The van der Waals surface area contributed by atoms with Crippen molar-refractivity contribution in [3.63, 3.8) is 0 Å². The molecule has 0 rings (SSSR count). The summed E-state index contributed by atoms with van der Waals surface area (Å²) in [5.74, 6) is -0.508. The molecule has 0 unspecified atom stereocenters. The van der Waals surface area contributed by atoms with E-state index in [0.717, 1.165) is 25.7 Å². The summed E-state index contributed by atoms with van der Waals surface area (Å²) in [4.78, 5) is 23.1. The SMILES string of the molecule is C=C(C)C(=CC(=O)N[C@@H](S)CCCCC)NC(=O)CBr. The zero-order chi connectivity index (χ0) is 15.5. The third-order valence-corrected chi connectivity index (χ3v) is 3.42. The maximum absolute atomic E-state index is 11.8. The van der Waals surface area contributed by atoms with Crippen LogP contribution in [-0.4, -0.2) is 22.5 Å².